The van der Waals surface area contributed by atoms with Gasteiger partial charge in [0.05, 0.1) is 25.4 Å². The lowest BCUT2D eigenvalue weighted by Crippen LogP contribution is -2.60. The number of unbranched alkanes of at least 4 members (excludes halogenated alkanes) is 26. The van der Waals surface area contributed by atoms with Crippen molar-refractivity contribution in [3.05, 3.63) is 0 Å². The van der Waals surface area contributed by atoms with E-state index in [2.05, 4.69) is 19.2 Å². The van der Waals surface area contributed by atoms with Crippen LogP contribution in [-0.2, 0) is 14.3 Å². The Morgan fingerprint density at radius 3 is 1.35 bits per heavy atom. The molecule has 9 atom stereocenters. The zero-order chi connectivity index (χ0) is 40.5. The van der Waals surface area contributed by atoms with E-state index in [-0.39, 0.29) is 6.42 Å². The van der Waals surface area contributed by atoms with Gasteiger partial charge in [0.2, 0.25) is 5.91 Å². The molecule has 11 nitrogen and oxygen atoms in total. The number of ether oxygens (including phenoxy) is 2. The summed E-state index contributed by atoms with van der Waals surface area (Å²) in [7, 11) is 0. The van der Waals surface area contributed by atoms with E-state index >= 15 is 0 Å². The predicted octanol–water partition coefficient (Wildman–Crippen LogP) is 7.11. The van der Waals surface area contributed by atoms with Crippen LogP contribution in [0.5, 0.6) is 0 Å². The summed E-state index contributed by atoms with van der Waals surface area (Å²) >= 11 is 0. The molecule has 1 saturated heterocycles. The van der Waals surface area contributed by atoms with E-state index in [0.29, 0.717) is 19.3 Å². The largest absolute Gasteiger partial charge is 0.394 e. The highest BCUT2D eigenvalue weighted by Gasteiger charge is 2.44. The number of nitrogens with one attached hydrogen (secondary N) is 1. The van der Waals surface area contributed by atoms with Gasteiger partial charge in [-0.25, -0.2) is 0 Å². The van der Waals surface area contributed by atoms with Crippen LogP contribution in [0.15, 0.2) is 0 Å². The lowest BCUT2D eigenvalue weighted by atomic mass is 9.98. The van der Waals surface area contributed by atoms with Crippen molar-refractivity contribution in [2.24, 2.45) is 0 Å². The molecule has 1 aliphatic heterocycles. The van der Waals surface area contributed by atoms with Crippen LogP contribution in [0.1, 0.15) is 206 Å². The molecule has 1 heterocycles. The maximum absolute atomic E-state index is 13.0. The summed E-state index contributed by atoms with van der Waals surface area (Å²) < 4.78 is 11.1. The van der Waals surface area contributed by atoms with Crippen molar-refractivity contribution in [3.8, 4) is 0 Å². The molecule has 1 rings (SSSR count). The van der Waals surface area contributed by atoms with E-state index in [1.807, 2.05) is 0 Å². The molecule has 0 saturated carbocycles. The molecule has 1 fully saturated rings. The molecule has 328 valence electrons. The molecule has 0 aromatic carbocycles. The maximum Gasteiger partial charge on any atom is 0.249 e. The summed E-state index contributed by atoms with van der Waals surface area (Å²) in [4.78, 5) is 13.0. The fourth-order valence-corrected chi connectivity index (χ4v) is 7.56. The first kappa shape index (κ1) is 52.1. The smallest absolute Gasteiger partial charge is 0.249 e. The molecule has 0 aromatic rings. The van der Waals surface area contributed by atoms with Crippen molar-refractivity contribution in [3.63, 3.8) is 0 Å². The van der Waals surface area contributed by atoms with Crippen molar-refractivity contribution < 1.29 is 50.0 Å². The van der Waals surface area contributed by atoms with Gasteiger partial charge in [0, 0.05) is 0 Å². The summed E-state index contributed by atoms with van der Waals surface area (Å²) in [6.45, 7) is 3.40. The van der Waals surface area contributed by atoms with Crippen LogP contribution in [0, 0.1) is 0 Å². The summed E-state index contributed by atoms with van der Waals surface area (Å²) in [5, 5.41) is 75.4. The zero-order valence-corrected chi connectivity index (χ0v) is 35.2. The Hall–Kier alpha value is -0.890. The first-order valence-electron chi connectivity index (χ1n) is 22.9. The molecule has 0 aromatic heterocycles. The van der Waals surface area contributed by atoms with E-state index < -0.39 is 74.2 Å². The fraction of sp³-hybridized carbons (Fsp3) is 0.977. The Kier molecular flexibility index (Phi) is 33.3. The van der Waals surface area contributed by atoms with Gasteiger partial charge >= 0.3 is 0 Å². The molecule has 0 radical (unpaired) electrons. The van der Waals surface area contributed by atoms with Crippen LogP contribution in [0.25, 0.3) is 0 Å². The standard InChI is InChI=1S/C44H87NO10/c1-3-5-7-9-11-13-14-15-16-17-18-19-20-21-22-23-24-26-27-29-31-36(47)39(49)35(34-54-44-42(52)41(51)40(50)38(33-46)55-44)45-43(53)37(48)32-30-28-25-12-10-8-6-4-2/h35-42,44,46-52H,3-34H2,1-2H3,(H,45,53). The molecule has 55 heavy (non-hydrogen) atoms. The van der Waals surface area contributed by atoms with Crippen LogP contribution in [0.4, 0.5) is 0 Å². The third-order valence-electron chi connectivity index (χ3n) is 11.4. The summed E-state index contributed by atoms with van der Waals surface area (Å²) in [6.07, 6.45) is 23.2. The van der Waals surface area contributed by atoms with Gasteiger partial charge < -0.3 is 50.5 Å². The van der Waals surface area contributed by atoms with Crippen LogP contribution < -0.4 is 5.32 Å². The lowest BCUT2D eigenvalue weighted by Gasteiger charge is -2.40. The molecule has 0 bridgehead atoms. The van der Waals surface area contributed by atoms with Crippen molar-refractivity contribution in [1.29, 1.82) is 0 Å². The van der Waals surface area contributed by atoms with Gasteiger partial charge in [0.15, 0.2) is 6.29 Å². The predicted molar refractivity (Wildman–Crippen MR) is 220 cm³/mol. The van der Waals surface area contributed by atoms with E-state index in [0.717, 1.165) is 38.5 Å². The van der Waals surface area contributed by atoms with Gasteiger partial charge in [-0.1, -0.05) is 194 Å². The number of aliphatic hydroxyl groups is 7. The van der Waals surface area contributed by atoms with Gasteiger partial charge in [-0.15, -0.1) is 0 Å². The highest BCUT2D eigenvalue weighted by molar-refractivity contribution is 5.80. The number of hydrogen-bond donors (Lipinski definition) is 8. The highest BCUT2D eigenvalue weighted by atomic mass is 16.7. The minimum absolute atomic E-state index is 0.263. The van der Waals surface area contributed by atoms with Gasteiger partial charge in [-0.05, 0) is 12.8 Å². The lowest BCUT2D eigenvalue weighted by molar-refractivity contribution is -0.303. The van der Waals surface area contributed by atoms with E-state index in [1.54, 1.807) is 0 Å². The van der Waals surface area contributed by atoms with E-state index in [4.69, 9.17) is 9.47 Å². The van der Waals surface area contributed by atoms with Crippen LogP contribution in [-0.4, -0.2) is 110 Å². The Morgan fingerprint density at radius 2 is 0.945 bits per heavy atom. The fourth-order valence-electron chi connectivity index (χ4n) is 7.56. The summed E-state index contributed by atoms with van der Waals surface area (Å²) in [5.74, 6) is -0.699. The highest BCUT2D eigenvalue weighted by Crippen LogP contribution is 2.23. The third kappa shape index (κ3) is 25.3. The third-order valence-corrected chi connectivity index (χ3v) is 11.4. The second-order valence-electron chi connectivity index (χ2n) is 16.5. The van der Waals surface area contributed by atoms with Crippen molar-refractivity contribution in [2.75, 3.05) is 13.2 Å². The maximum atomic E-state index is 13.0. The number of carbonyl (C=O) groups excluding carboxylic acids is 1. The summed E-state index contributed by atoms with van der Waals surface area (Å²) in [5.41, 5.74) is 0. The molecular weight excluding hydrogens is 702 g/mol. The first-order valence-corrected chi connectivity index (χ1v) is 22.9. The number of amides is 1. The quantitative estimate of drug-likeness (QED) is 0.0300. The Labute approximate surface area is 335 Å². The number of aliphatic hydroxyl groups excluding tert-OH is 7. The van der Waals surface area contributed by atoms with Crippen LogP contribution >= 0.6 is 0 Å². The van der Waals surface area contributed by atoms with E-state index in [9.17, 15) is 40.5 Å². The number of rotatable bonds is 38. The van der Waals surface area contributed by atoms with Crippen LogP contribution in [0.2, 0.25) is 0 Å². The second kappa shape index (κ2) is 35.1. The monoisotopic (exact) mass is 790 g/mol. The molecule has 8 N–H and O–H groups in total. The second-order valence-corrected chi connectivity index (χ2v) is 16.5. The minimum atomic E-state index is -1.65. The van der Waals surface area contributed by atoms with Crippen molar-refractivity contribution in [2.45, 2.75) is 262 Å². The minimum Gasteiger partial charge on any atom is -0.394 e. The molecule has 9 unspecified atom stereocenters. The molecule has 0 spiro atoms. The van der Waals surface area contributed by atoms with Crippen molar-refractivity contribution >= 4 is 5.91 Å². The number of carbonyl (C=O) groups is 1. The SMILES string of the molecule is CCCCCCCCCCCCCCCCCCCCCCC(O)C(O)C(COC1OC(CO)C(O)C(O)C1O)NC(=O)C(O)CCCCCCCCCC. The molecule has 11 heteroatoms. The van der Waals surface area contributed by atoms with E-state index in [1.165, 1.54) is 128 Å². The number of hydrogen-bond acceptors (Lipinski definition) is 10. The topological polar surface area (TPSA) is 189 Å². The first-order chi connectivity index (χ1) is 26.7. The molecule has 1 aliphatic rings. The average Bonchev–Trinajstić information content (AvgIpc) is 3.18. The van der Waals surface area contributed by atoms with Gasteiger partial charge in [0.25, 0.3) is 0 Å². The van der Waals surface area contributed by atoms with Gasteiger partial charge in [0.1, 0.15) is 36.6 Å². The Bertz CT molecular complexity index is 866. The normalized spacial score (nSPS) is 22.4. The van der Waals surface area contributed by atoms with Gasteiger partial charge in [-0.2, -0.15) is 0 Å². The summed E-state index contributed by atoms with van der Waals surface area (Å²) in [6, 6.07) is -1.16. The molecular formula is C44H87NO10. The molecule has 1 amide bonds. The zero-order valence-electron chi connectivity index (χ0n) is 35.2. The van der Waals surface area contributed by atoms with Gasteiger partial charge in [-0.3, -0.25) is 4.79 Å². The van der Waals surface area contributed by atoms with Crippen LogP contribution in [0.3, 0.4) is 0 Å². The van der Waals surface area contributed by atoms with Crippen molar-refractivity contribution in [1.82, 2.24) is 5.32 Å². The molecule has 0 aliphatic carbocycles. The Morgan fingerprint density at radius 1 is 0.564 bits per heavy atom. The average molecular weight is 790 g/mol. The Balaban J connectivity index is 2.38.